The topological polar surface area (TPSA) is 111 Å². The minimum absolute atomic E-state index is 0.123. The Morgan fingerprint density at radius 1 is 1.16 bits per heavy atom. The second-order valence-corrected chi connectivity index (χ2v) is 7.19. The van der Waals surface area contributed by atoms with Crippen LogP contribution in [0.4, 0.5) is 10.1 Å². The maximum atomic E-state index is 13.9. The number of nitrogens with one attached hydrogen (secondary N) is 2. The average molecular weight is 426 g/mol. The molecule has 3 aromatic rings. The van der Waals surface area contributed by atoms with Crippen LogP contribution >= 0.6 is 0 Å². The molecule has 1 unspecified atom stereocenters. The molecule has 0 aliphatic heterocycles. The summed E-state index contributed by atoms with van der Waals surface area (Å²) in [4.78, 5) is 25.4. The van der Waals surface area contributed by atoms with Gasteiger partial charge in [-0.3, -0.25) is 9.59 Å². The van der Waals surface area contributed by atoms with E-state index in [-0.39, 0.29) is 11.5 Å². The lowest BCUT2D eigenvalue weighted by Gasteiger charge is -2.22. The molecule has 2 amide bonds. The first-order valence-electron chi connectivity index (χ1n) is 9.61. The van der Waals surface area contributed by atoms with Crippen molar-refractivity contribution in [1.82, 2.24) is 25.5 Å². The normalized spacial score (nSPS) is 11.8. The molecule has 0 aliphatic rings. The number of aryl methyl sites for hydroxylation is 1. The number of methoxy groups -OCH3 is 1. The van der Waals surface area contributed by atoms with Gasteiger partial charge in [0.15, 0.2) is 5.82 Å². The van der Waals surface area contributed by atoms with Crippen LogP contribution in [-0.2, 0) is 4.79 Å². The number of hydrogen-bond donors (Lipinski definition) is 2. The molecule has 0 fully saturated rings. The third-order valence-electron chi connectivity index (χ3n) is 4.65. The number of tetrazole rings is 1. The first kappa shape index (κ1) is 21.9. The fraction of sp³-hybridized carbons (Fsp3) is 0.286. The summed E-state index contributed by atoms with van der Waals surface area (Å²) in [5, 5.41) is 16.8. The van der Waals surface area contributed by atoms with E-state index in [2.05, 4.69) is 26.2 Å². The fourth-order valence-corrected chi connectivity index (χ4v) is 3.01. The lowest BCUT2D eigenvalue weighted by molar-refractivity contribution is -0.118. The summed E-state index contributed by atoms with van der Waals surface area (Å²) >= 11 is 0. The van der Waals surface area contributed by atoms with Crippen LogP contribution < -0.4 is 15.4 Å². The maximum Gasteiger partial charge on any atom is 0.254 e. The lowest BCUT2D eigenvalue weighted by atomic mass is 10.0. The van der Waals surface area contributed by atoms with Gasteiger partial charge in [-0.15, -0.1) is 5.10 Å². The molecule has 2 N–H and O–H groups in total. The zero-order valence-electron chi connectivity index (χ0n) is 17.6. The third-order valence-corrected chi connectivity index (χ3v) is 4.65. The molecule has 0 saturated heterocycles. The molecule has 0 spiro atoms. The standard InChI is InChI=1S/C21H23FN6O3/c1-12(2)19(24-20(29)15-7-5-6-8-16(15)22)21(30)23-14-9-10-18(31-4)17(11-14)28-13(3)25-26-27-28/h5-12,19H,1-4H3,(H,23,30)(H,24,29). The van der Waals surface area contributed by atoms with Crippen LogP contribution in [0.5, 0.6) is 5.75 Å². The number of benzene rings is 2. The molecule has 1 atom stereocenters. The van der Waals surface area contributed by atoms with Crippen molar-refractivity contribution in [2.24, 2.45) is 5.92 Å². The second-order valence-electron chi connectivity index (χ2n) is 7.19. The Morgan fingerprint density at radius 2 is 1.90 bits per heavy atom. The largest absolute Gasteiger partial charge is 0.494 e. The minimum atomic E-state index is -0.882. The van der Waals surface area contributed by atoms with E-state index in [0.29, 0.717) is 22.9 Å². The van der Waals surface area contributed by atoms with Gasteiger partial charge in [0.05, 0.1) is 12.7 Å². The first-order chi connectivity index (χ1) is 14.8. The first-order valence-corrected chi connectivity index (χ1v) is 9.61. The highest BCUT2D eigenvalue weighted by molar-refractivity contribution is 6.01. The predicted molar refractivity (Wildman–Crippen MR) is 112 cm³/mol. The van der Waals surface area contributed by atoms with E-state index >= 15 is 0 Å². The number of halogens is 1. The van der Waals surface area contributed by atoms with Gasteiger partial charge in [-0.1, -0.05) is 26.0 Å². The Morgan fingerprint density at radius 3 is 2.52 bits per heavy atom. The number of nitrogens with zero attached hydrogens (tertiary/aromatic N) is 4. The summed E-state index contributed by atoms with van der Waals surface area (Å²) in [6.45, 7) is 5.31. The molecular formula is C21H23FN6O3. The molecule has 0 aliphatic carbocycles. The van der Waals surface area contributed by atoms with Gasteiger partial charge in [0.25, 0.3) is 5.91 Å². The molecular weight excluding hydrogens is 403 g/mol. The molecule has 3 rings (SSSR count). The number of aromatic nitrogens is 4. The zero-order valence-corrected chi connectivity index (χ0v) is 17.6. The van der Waals surface area contributed by atoms with Crippen molar-refractivity contribution in [3.05, 3.63) is 59.7 Å². The summed E-state index contributed by atoms with van der Waals surface area (Å²) in [6.07, 6.45) is 0. The van der Waals surface area contributed by atoms with E-state index in [0.717, 1.165) is 0 Å². The summed E-state index contributed by atoms with van der Waals surface area (Å²) < 4.78 is 20.8. The number of amides is 2. The van der Waals surface area contributed by atoms with Crippen LogP contribution in [0.3, 0.4) is 0 Å². The summed E-state index contributed by atoms with van der Waals surface area (Å²) in [6, 6.07) is 9.73. The van der Waals surface area contributed by atoms with Crippen LogP contribution in [0.1, 0.15) is 30.0 Å². The van der Waals surface area contributed by atoms with Crippen molar-refractivity contribution in [2.45, 2.75) is 26.8 Å². The third kappa shape index (κ3) is 4.85. The predicted octanol–water partition coefficient (Wildman–Crippen LogP) is 2.51. The Kier molecular flexibility index (Phi) is 6.58. The van der Waals surface area contributed by atoms with E-state index in [9.17, 15) is 14.0 Å². The van der Waals surface area contributed by atoms with E-state index in [1.54, 1.807) is 45.0 Å². The summed E-state index contributed by atoms with van der Waals surface area (Å²) in [5.74, 6) is -0.939. The van der Waals surface area contributed by atoms with E-state index in [4.69, 9.17) is 4.74 Å². The van der Waals surface area contributed by atoms with E-state index < -0.39 is 23.7 Å². The van der Waals surface area contributed by atoms with Crippen LogP contribution in [0.2, 0.25) is 0 Å². The van der Waals surface area contributed by atoms with Gasteiger partial charge >= 0.3 is 0 Å². The molecule has 9 nitrogen and oxygen atoms in total. The Balaban J connectivity index is 1.82. The highest BCUT2D eigenvalue weighted by Gasteiger charge is 2.26. The number of hydrogen-bond acceptors (Lipinski definition) is 6. The number of carbonyl (C=O) groups is 2. The van der Waals surface area contributed by atoms with Gasteiger partial charge < -0.3 is 15.4 Å². The molecule has 31 heavy (non-hydrogen) atoms. The fourth-order valence-electron chi connectivity index (χ4n) is 3.01. The van der Waals surface area contributed by atoms with Crippen LogP contribution in [0, 0.1) is 18.7 Å². The summed E-state index contributed by atoms with van der Waals surface area (Å²) in [5.41, 5.74) is 0.877. The van der Waals surface area contributed by atoms with Crippen molar-refractivity contribution >= 4 is 17.5 Å². The van der Waals surface area contributed by atoms with Gasteiger partial charge in [0.2, 0.25) is 5.91 Å². The van der Waals surface area contributed by atoms with Gasteiger partial charge in [0, 0.05) is 5.69 Å². The van der Waals surface area contributed by atoms with Gasteiger partial charge in [-0.25, -0.2) is 4.39 Å². The van der Waals surface area contributed by atoms with Crippen LogP contribution in [0.15, 0.2) is 42.5 Å². The monoisotopic (exact) mass is 426 g/mol. The van der Waals surface area contributed by atoms with E-state index in [1.807, 2.05) is 0 Å². The van der Waals surface area contributed by atoms with Crippen molar-refractivity contribution in [3.63, 3.8) is 0 Å². The molecule has 2 aromatic carbocycles. The minimum Gasteiger partial charge on any atom is -0.494 e. The SMILES string of the molecule is COc1ccc(NC(=O)C(NC(=O)c2ccccc2F)C(C)C)cc1-n1nnnc1C. The Bertz CT molecular complexity index is 1100. The Hall–Kier alpha value is -3.82. The lowest BCUT2D eigenvalue weighted by Crippen LogP contribution is -2.47. The molecule has 1 aromatic heterocycles. The quantitative estimate of drug-likeness (QED) is 0.601. The van der Waals surface area contributed by atoms with Crippen molar-refractivity contribution < 1.29 is 18.7 Å². The van der Waals surface area contributed by atoms with E-state index in [1.165, 1.54) is 30.0 Å². The molecule has 0 bridgehead atoms. The van der Waals surface area contributed by atoms with Crippen LogP contribution in [0.25, 0.3) is 5.69 Å². The maximum absolute atomic E-state index is 13.9. The Labute approximate surface area is 178 Å². The highest BCUT2D eigenvalue weighted by Crippen LogP contribution is 2.26. The van der Waals surface area contributed by atoms with Crippen molar-refractivity contribution in [2.75, 3.05) is 12.4 Å². The van der Waals surface area contributed by atoms with Crippen molar-refractivity contribution in [1.29, 1.82) is 0 Å². The average Bonchev–Trinajstić information content (AvgIpc) is 3.17. The van der Waals surface area contributed by atoms with Crippen molar-refractivity contribution in [3.8, 4) is 11.4 Å². The zero-order chi connectivity index (χ0) is 22.5. The van der Waals surface area contributed by atoms with Gasteiger partial charge in [-0.2, -0.15) is 4.68 Å². The van der Waals surface area contributed by atoms with Gasteiger partial charge in [-0.05, 0) is 53.6 Å². The summed E-state index contributed by atoms with van der Waals surface area (Å²) in [7, 11) is 1.52. The number of carbonyl (C=O) groups excluding carboxylic acids is 2. The second kappa shape index (κ2) is 9.33. The molecule has 0 saturated carbocycles. The molecule has 0 radical (unpaired) electrons. The van der Waals surface area contributed by atoms with Crippen LogP contribution in [-0.4, -0.2) is 45.2 Å². The van der Waals surface area contributed by atoms with Gasteiger partial charge in [0.1, 0.15) is 23.3 Å². The molecule has 10 heteroatoms. The number of anilines is 1. The molecule has 1 heterocycles. The highest BCUT2D eigenvalue weighted by atomic mass is 19.1. The smallest absolute Gasteiger partial charge is 0.254 e. The number of ether oxygens (including phenoxy) is 1. The number of rotatable bonds is 7. The molecule has 162 valence electrons.